The number of fused-ring (bicyclic) bond motifs is 2. The van der Waals surface area contributed by atoms with Crippen LogP contribution in [0.25, 0.3) is 0 Å². The first-order chi connectivity index (χ1) is 11.6. The molecule has 2 heterocycles. The van der Waals surface area contributed by atoms with Gasteiger partial charge in [0.1, 0.15) is 11.4 Å². The van der Waals surface area contributed by atoms with E-state index in [4.69, 9.17) is 9.47 Å². The van der Waals surface area contributed by atoms with Crippen LogP contribution in [0, 0.1) is 0 Å². The van der Waals surface area contributed by atoms with E-state index in [9.17, 15) is 5.11 Å². The van der Waals surface area contributed by atoms with Gasteiger partial charge in [-0.3, -0.25) is 0 Å². The Labute approximate surface area is 142 Å². The summed E-state index contributed by atoms with van der Waals surface area (Å²) in [6.45, 7) is 1.93. The fourth-order valence-electron chi connectivity index (χ4n) is 3.95. The summed E-state index contributed by atoms with van der Waals surface area (Å²) >= 11 is 0. The number of hydrogen-bond donors (Lipinski definition) is 1. The summed E-state index contributed by atoms with van der Waals surface area (Å²) in [5, 5.41) is 11.5. The highest BCUT2D eigenvalue weighted by Gasteiger charge is 2.54. The minimum atomic E-state index is -1.40. The molecule has 2 aromatic rings. The molecular weight excluding hydrogens is 302 g/mol. The first kappa shape index (κ1) is 15.6. The third kappa shape index (κ3) is 2.25. The van der Waals surface area contributed by atoms with Crippen molar-refractivity contribution >= 4 is 0 Å². The molecule has 1 atom stereocenters. The lowest BCUT2D eigenvalue weighted by Gasteiger charge is -2.39. The molecule has 0 bridgehead atoms. The lowest BCUT2D eigenvalue weighted by atomic mass is 9.83. The third-order valence-corrected chi connectivity index (χ3v) is 5.40. The molecule has 0 unspecified atom stereocenters. The van der Waals surface area contributed by atoms with E-state index in [2.05, 4.69) is 18.0 Å². The summed E-state index contributed by atoms with van der Waals surface area (Å²) in [6.07, 6.45) is 1.78. The molecule has 1 saturated heterocycles. The van der Waals surface area contributed by atoms with Gasteiger partial charge < -0.3 is 19.5 Å². The number of hydrogen-bond acceptors (Lipinski definition) is 4. The topological polar surface area (TPSA) is 41.9 Å². The Kier molecular flexibility index (Phi) is 3.64. The average molecular weight is 325 g/mol. The van der Waals surface area contributed by atoms with Crippen molar-refractivity contribution in [3.63, 3.8) is 0 Å². The number of ether oxygens (including phenoxy) is 2. The minimum Gasteiger partial charge on any atom is -0.497 e. The smallest absolute Gasteiger partial charge is 0.221 e. The molecule has 0 amide bonds. The maximum atomic E-state index is 11.5. The van der Waals surface area contributed by atoms with Crippen LogP contribution in [0.3, 0.4) is 0 Å². The molecule has 0 aliphatic carbocycles. The summed E-state index contributed by atoms with van der Waals surface area (Å²) < 4.78 is 11.7. The zero-order valence-corrected chi connectivity index (χ0v) is 14.2. The standard InChI is InChI=1S/C20H23NO3/c1-21-13-11-19(12-14-21)17-5-3-4-6-18(17)20(22,24-19)15-7-9-16(23-2)10-8-15/h3-10,22H,11-14H2,1-2H3/t20-/m0/s1. The molecule has 1 N–H and O–H groups in total. The van der Waals surface area contributed by atoms with Crippen molar-refractivity contribution in [2.24, 2.45) is 0 Å². The summed E-state index contributed by atoms with van der Waals surface area (Å²) in [7, 11) is 3.77. The molecule has 0 saturated carbocycles. The molecule has 4 rings (SSSR count). The number of aliphatic hydroxyl groups is 1. The van der Waals surface area contributed by atoms with Gasteiger partial charge in [-0.25, -0.2) is 0 Å². The van der Waals surface area contributed by atoms with E-state index in [1.807, 2.05) is 42.5 Å². The van der Waals surface area contributed by atoms with Crippen molar-refractivity contribution in [1.82, 2.24) is 4.90 Å². The van der Waals surface area contributed by atoms with Gasteiger partial charge in [0.2, 0.25) is 5.79 Å². The Balaban J connectivity index is 1.79. The van der Waals surface area contributed by atoms with E-state index in [0.29, 0.717) is 0 Å². The van der Waals surface area contributed by atoms with Gasteiger partial charge in [-0.05, 0) is 49.7 Å². The average Bonchev–Trinajstić information content (AvgIpc) is 2.88. The summed E-state index contributed by atoms with van der Waals surface area (Å²) in [4.78, 5) is 2.31. The van der Waals surface area contributed by atoms with Crippen LogP contribution in [0.5, 0.6) is 5.75 Å². The molecule has 0 radical (unpaired) electrons. The van der Waals surface area contributed by atoms with Gasteiger partial charge in [0.05, 0.1) is 7.11 Å². The first-order valence-electron chi connectivity index (χ1n) is 8.43. The van der Waals surface area contributed by atoms with Crippen LogP contribution in [-0.4, -0.2) is 37.3 Å². The maximum absolute atomic E-state index is 11.5. The number of nitrogens with zero attached hydrogens (tertiary/aromatic N) is 1. The Hall–Kier alpha value is -1.88. The molecule has 2 aromatic carbocycles. The van der Waals surface area contributed by atoms with Crippen LogP contribution in [0.15, 0.2) is 48.5 Å². The van der Waals surface area contributed by atoms with Crippen molar-refractivity contribution in [1.29, 1.82) is 0 Å². The highest BCUT2D eigenvalue weighted by Crippen LogP contribution is 2.53. The van der Waals surface area contributed by atoms with E-state index in [0.717, 1.165) is 48.4 Å². The van der Waals surface area contributed by atoms with Gasteiger partial charge in [-0.1, -0.05) is 24.3 Å². The van der Waals surface area contributed by atoms with Gasteiger partial charge >= 0.3 is 0 Å². The highest BCUT2D eigenvalue weighted by atomic mass is 16.6. The second kappa shape index (κ2) is 5.59. The molecule has 4 heteroatoms. The van der Waals surface area contributed by atoms with Crippen LogP contribution >= 0.6 is 0 Å². The molecular formula is C20H23NO3. The molecule has 0 aromatic heterocycles. The summed E-state index contributed by atoms with van der Waals surface area (Å²) in [5.74, 6) is -0.638. The predicted molar refractivity (Wildman–Crippen MR) is 91.9 cm³/mol. The van der Waals surface area contributed by atoms with Crippen LogP contribution in [-0.2, 0) is 16.1 Å². The Bertz CT molecular complexity index is 735. The fraction of sp³-hybridized carbons (Fsp3) is 0.400. The van der Waals surface area contributed by atoms with Crippen molar-refractivity contribution in [2.45, 2.75) is 24.2 Å². The normalized spacial score (nSPS) is 25.6. The van der Waals surface area contributed by atoms with E-state index in [1.165, 1.54) is 0 Å². The van der Waals surface area contributed by atoms with Crippen molar-refractivity contribution in [3.8, 4) is 5.75 Å². The third-order valence-electron chi connectivity index (χ3n) is 5.40. The largest absolute Gasteiger partial charge is 0.497 e. The fourth-order valence-corrected chi connectivity index (χ4v) is 3.95. The lowest BCUT2D eigenvalue weighted by molar-refractivity contribution is -0.244. The number of benzene rings is 2. The van der Waals surface area contributed by atoms with Crippen LogP contribution in [0.2, 0.25) is 0 Å². The molecule has 4 nitrogen and oxygen atoms in total. The summed E-state index contributed by atoms with van der Waals surface area (Å²) in [6, 6.07) is 15.5. The minimum absolute atomic E-state index is 0.405. The quantitative estimate of drug-likeness (QED) is 0.922. The van der Waals surface area contributed by atoms with Gasteiger partial charge in [0, 0.05) is 24.2 Å². The molecule has 2 aliphatic heterocycles. The zero-order chi connectivity index (χ0) is 16.8. The Morgan fingerprint density at radius 1 is 1.00 bits per heavy atom. The first-order valence-corrected chi connectivity index (χ1v) is 8.43. The SMILES string of the molecule is COc1ccc([C@]2(O)OC3(CCN(C)CC3)c3ccccc32)cc1. The van der Waals surface area contributed by atoms with Crippen LogP contribution in [0.4, 0.5) is 0 Å². The van der Waals surface area contributed by atoms with Crippen LogP contribution < -0.4 is 4.74 Å². The van der Waals surface area contributed by atoms with Gasteiger partial charge in [-0.15, -0.1) is 0 Å². The lowest BCUT2D eigenvalue weighted by Crippen LogP contribution is -2.42. The van der Waals surface area contributed by atoms with E-state index in [-0.39, 0.29) is 0 Å². The second-order valence-electron chi connectivity index (χ2n) is 6.82. The van der Waals surface area contributed by atoms with E-state index >= 15 is 0 Å². The number of rotatable bonds is 2. The molecule has 126 valence electrons. The number of likely N-dealkylation sites (tertiary alicyclic amines) is 1. The monoisotopic (exact) mass is 325 g/mol. The molecule has 2 aliphatic rings. The maximum Gasteiger partial charge on any atom is 0.221 e. The zero-order valence-electron chi connectivity index (χ0n) is 14.2. The molecule has 24 heavy (non-hydrogen) atoms. The Morgan fingerprint density at radius 2 is 1.62 bits per heavy atom. The van der Waals surface area contributed by atoms with Gasteiger partial charge in [-0.2, -0.15) is 0 Å². The molecule has 1 fully saturated rings. The summed E-state index contributed by atoms with van der Waals surface area (Å²) in [5.41, 5.74) is 2.32. The van der Waals surface area contributed by atoms with Crippen molar-refractivity contribution in [3.05, 3.63) is 65.2 Å². The van der Waals surface area contributed by atoms with Gasteiger partial charge in [0.15, 0.2) is 0 Å². The van der Waals surface area contributed by atoms with E-state index in [1.54, 1.807) is 7.11 Å². The second-order valence-corrected chi connectivity index (χ2v) is 6.82. The van der Waals surface area contributed by atoms with Crippen molar-refractivity contribution < 1.29 is 14.6 Å². The number of piperidine rings is 1. The van der Waals surface area contributed by atoms with Gasteiger partial charge in [0.25, 0.3) is 0 Å². The predicted octanol–water partition coefficient (Wildman–Crippen LogP) is 2.84. The highest BCUT2D eigenvalue weighted by molar-refractivity contribution is 5.47. The Morgan fingerprint density at radius 3 is 2.25 bits per heavy atom. The van der Waals surface area contributed by atoms with Crippen molar-refractivity contribution in [2.75, 3.05) is 27.2 Å². The number of methoxy groups -OCH3 is 1. The van der Waals surface area contributed by atoms with E-state index < -0.39 is 11.4 Å². The molecule has 1 spiro atoms. The van der Waals surface area contributed by atoms with Crippen LogP contribution in [0.1, 0.15) is 29.5 Å².